The normalized spacial score (nSPS) is 27.2. The second-order valence-electron chi connectivity index (χ2n) is 4.71. The van der Waals surface area contributed by atoms with Crippen LogP contribution in [0.4, 0.5) is 0 Å². The third kappa shape index (κ3) is 2.44. The molecule has 4 nitrogen and oxygen atoms in total. The van der Waals surface area contributed by atoms with E-state index in [9.17, 15) is 0 Å². The molecule has 1 aromatic heterocycles. The number of likely N-dealkylation sites (tertiary alicyclic amines) is 1. The average molecular weight is 223 g/mol. The second kappa shape index (κ2) is 4.97. The Morgan fingerprint density at radius 2 is 2.44 bits per heavy atom. The molecule has 0 bridgehead atoms. The summed E-state index contributed by atoms with van der Waals surface area (Å²) in [6.45, 7) is 7.24. The first-order chi connectivity index (χ1) is 7.70. The smallest absolute Gasteiger partial charge is 0.181 e. The maximum Gasteiger partial charge on any atom is 0.181 e. The molecule has 4 heteroatoms. The molecule has 1 fully saturated rings. The molecular formula is C12H21N3O. The van der Waals surface area contributed by atoms with Crippen molar-refractivity contribution in [2.75, 3.05) is 13.1 Å². The third-order valence-corrected chi connectivity index (χ3v) is 3.62. The van der Waals surface area contributed by atoms with Gasteiger partial charge in [0.05, 0.1) is 5.69 Å². The number of piperidine rings is 1. The molecule has 2 heterocycles. The van der Waals surface area contributed by atoms with Crippen molar-refractivity contribution in [1.29, 1.82) is 0 Å². The number of aryl methyl sites for hydroxylation is 1. The highest BCUT2D eigenvalue weighted by molar-refractivity contribution is 5.04. The van der Waals surface area contributed by atoms with E-state index < -0.39 is 0 Å². The van der Waals surface area contributed by atoms with Crippen molar-refractivity contribution >= 4 is 0 Å². The van der Waals surface area contributed by atoms with E-state index in [0.29, 0.717) is 12.0 Å². The van der Waals surface area contributed by atoms with Gasteiger partial charge in [0.25, 0.3) is 0 Å². The fraction of sp³-hybridized carbons (Fsp3) is 0.750. The van der Waals surface area contributed by atoms with Crippen molar-refractivity contribution in [2.45, 2.75) is 39.3 Å². The molecule has 1 saturated heterocycles. The highest BCUT2D eigenvalue weighted by Crippen LogP contribution is 2.20. The van der Waals surface area contributed by atoms with Crippen LogP contribution in [0.3, 0.4) is 0 Å². The van der Waals surface area contributed by atoms with E-state index in [1.54, 1.807) is 0 Å². The highest BCUT2D eigenvalue weighted by atomic mass is 16.3. The standard InChI is InChI=1S/C12H21N3O/c1-3-10-6-15(5-4-11(10)13)7-12-9(2)16-8-14-12/h8,10-11H,3-7,13H2,1-2H3. The molecule has 0 amide bonds. The lowest BCUT2D eigenvalue weighted by Crippen LogP contribution is -2.46. The summed E-state index contributed by atoms with van der Waals surface area (Å²) >= 11 is 0. The number of hydrogen-bond acceptors (Lipinski definition) is 4. The minimum atomic E-state index is 0.375. The molecule has 2 N–H and O–H groups in total. The molecule has 2 atom stereocenters. The van der Waals surface area contributed by atoms with Crippen molar-refractivity contribution in [3.63, 3.8) is 0 Å². The Hall–Kier alpha value is -0.870. The van der Waals surface area contributed by atoms with Gasteiger partial charge in [0.15, 0.2) is 6.39 Å². The van der Waals surface area contributed by atoms with Gasteiger partial charge < -0.3 is 10.2 Å². The summed E-state index contributed by atoms with van der Waals surface area (Å²) in [5, 5.41) is 0. The number of oxazole rings is 1. The van der Waals surface area contributed by atoms with E-state index >= 15 is 0 Å². The zero-order valence-corrected chi connectivity index (χ0v) is 10.1. The third-order valence-electron chi connectivity index (χ3n) is 3.62. The monoisotopic (exact) mass is 223 g/mol. The van der Waals surface area contributed by atoms with Crippen LogP contribution in [-0.4, -0.2) is 29.0 Å². The van der Waals surface area contributed by atoms with Gasteiger partial charge in [-0.25, -0.2) is 4.98 Å². The number of nitrogens with two attached hydrogens (primary N) is 1. The van der Waals surface area contributed by atoms with Gasteiger partial charge in [-0.1, -0.05) is 13.3 Å². The first-order valence-corrected chi connectivity index (χ1v) is 6.07. The van der Waals surface area contributed by atoms with Gasteiger partial charge in [0, 0.05) is 25.7 Å². The first kappa shape index (κ1) is 11.6. The Bertz CT molecular complexity index is 337. The lowest BCUT2D eigenvalue weighted by atomic mass is 9.90. The number of aromatic nitrogens is 1. The van der Waals surface area contributed by atoms with Crippen LogP contribution in [0.5, 0.6) is 0 Å². The van der Waals surface area contributed by atoms with Crippen molar-refractivity contribution < 1.29 is 4.42 Å². The van der Waals surface area contributed by atoms with Crippen molar-refractivity contribution in [3.05, 3.63) is 17.8 Å². The van der Waals surface area contributed by atoms with Crippen molar-refractivity contribution in [1.82, 2.24) is 9.88 Å². The molecule has 0 radical (unpaired) electrons. The van der Waals surface area contributed by atoms with Crippen LogP contribution in [0.2, 0.25) is 0 Å². The van der Waals surface area contributed by atoms with E-state index in [0.717, 1.165) is 43.9 Å². The lowest BCUT2D eigenvalue weighted by Gasteiger charge is -2.36. The molecule has 0 aliphatic carbocycles. The summed E-state index contributed by atoms with van der Waals surface area (Å²) in [7, 11) is 0. The van der Waals surface area contributed by atoms with Crippen LogP contribution < -0.4 is 5.73 Å². The largest absolute Gasteiger partial charge is 0.448 e. The molecule has 1 aromatic rings. The molecule has 0 spiro atoms. The zero-order valence-electron chi connectivity index (χ0n) is 10.1. The predicted molar refractivity (Wildman–Crippen MR) is 62.9 cm³/mol. The number of hydrogen-bond donors (Lipinski definition) is 1. The first-order valence-electron chi connectivity index (χ1n) is 6.07. The SMILES string of the molecule is CCC1CN(Cc2ncoc2C)CCC1N. The van der Waals surface area contributed by atoms with Crippen LogP contribution in [0.1, 0.15) is 31.2 Å². The van der Waals surface area contributed by atoms with E-state index in [1.165, 1.54) is 6.39 Å². The second-order valence-corrected chi connectivity index (χ2v) is 4.71. The fourth-order valence-corrected chi connectivity index (χ4v) is 2.39. The van der Waals surface area contributed by atoms with Crippen LogP contribution in [0, 0.1) is 12.8 Å². The summed E-state index contributed by atoms with van der Waals surface area (Å²) in [4.78, 5) is 6.67. The van der Waals surface area contributed by atoms with Gasteiger partial charge in [-0.15, -0.1) is 0 Å². The number of nitrogens with zero attached hydrogens (tertiary/aromatic N) is 2. The van der Waals surface area contributed by atoms with Gasteiger partial charge in [-0.05, 0) is 19.3 Å². The highest BCUT2D eigenvalue weighted by Gasteiger charge is 2.25. The fourth-order valence-electron chi connectivity index (χ4n) is 2.39. The van der Waals surface area contributed by atoms with Crippen LogP contribution in [-0.2, 0) is 6.54 Å². The molecule has 1 aliphatic rings. The summed E-state index contributed by atoms with van der Waals surface area (Å²) < 4.78 is 5.22. The molecule has 16 heavy (non-hydrogen) atoms. The van der Waals surface area contributed by atoms with E-state index in [-0.39, 0.29) is 0 Å². The predicted octanol–water partition coefficient (Wildman–Crippen LogP) is 1.54. The Balaban J connectivity index is 1.94. The minimum Gasteiger partial charge on any atom is -0.448 e. The topological polar surface area (TPSA) is 55.3 Å². The molecule has 0 aromatic carbocycles. The molecule has 1 aliphatic heterocycles. The van der Waals surface area contributed by atoms with Gasteiger partial charge in [-0.3, -0.25) is 4.90 Å². The van der Waals surface area contributed by atoms with Crippen LogP contribution in [0.25, 0.3) is 0 Å². The number of rotatable bonds is 3. The molecule has 2 unspecified atom stereocenters. The quantitative estimate of drug-likeness (QED) is 0.844. The van der Waals surface area contributed by atoms with Gasteiger partial charge >= 0.3 is 0 Å². The van der Waals surface area contributed by atoms with E-state index in [1.807, 2.05) is 6.92 Å². The summed E-state index contributed by atoms with van der Waals surface area (Å²) in [6, 6.07) is 0.375. The zero-order chi connectivity index (χ0) is 11.5. The Morgan fingerprint density at radius 1 is 1.62 bits per heavy atom. The van der Waals surface area contributed by atoms with Crippen LogP contribution in [0.15, 0.2) is 10.8 Å². The Kier molecular flexibility index (Phi) is 3.61. The van der Waals surface area contributed by atoms with E-state index in [2.05, 4.69) is 16.8 Å². The molecule has 90 valence electrons. The maximum atomic E-state index is 6.09. The Morgan fingerprint density at radius 3 is 3.06 bits per heavy atom. The lowest BCUT2D eigenvalue weighted by molar-refractivity contribution is 0.143. The minimum absolute atomic E-state index is 0.375. The van der Waals surface area contributed by atoms with Gasteiger partial charge in [-0.2, -0.15) is 0 Å². The Labute approximate surface area is 96.8 Å². The van der Waals surface area contributed by atoms with Gasteiger partial charge in [0.1, 0.15) is 5.76 Å². The molecule has 0 saturated carbocycles. The maximum absolute atomic E-state index is 6.09. The molecule has 2 rings (SSSR count). The average Bonchev–Trinajstić information content (AvgIpc) is 2.67. The van der Waals surface area contributed by atoms with Crippen molar-refractivity contribution in [2.24, 2.45) is 11.7 Å². The van der Waals surface area contributed by atoms with Crippen LogP contribution >= 0.6 is 0 Å². The summed E-state index contributed by atoms with van der Waals surface area (Å²) in [5.74, 6) is 1.56. The van der Waals surface area contributed by atoms with Gasteiger partial charge in [0.2, 0.25) is 0 Å². The van der Waals surface area contributed by atoms with E-state index in [4.69, 9.17) is 10.2 Å². The van der Waals surface area contributed by atoms with Crippen molar-refractivity contribution in [3.8, 4) is 0 Å². The summed E-state index contributed by atoms with van der Waals surface area (Å²) in [6.07, 6.45) is 3.78. The summed E-state index contributed by atoms with van der Waals surface area (Å²) in [5.41, 5.74) is 7.15. The molecular weight excluding hydrogens is 202 g/mol.